The van der Waals surface area contributed by atoms with Crippen molar-refractivity contribution in [2.75, 3.05) is 13.1 Å². The lowest BCUT2D eigenvalue weighted by Gasteiger charge is -2.38. The summed E-state index contributed by atoms with van der Waals surface area (Å²) in [6.07, 6.45) is 3.84. The third-order valence-electron chi connectivity index (χ3n) is 3.33. The molecule has 2 unspecified atom stereocenters. The minimum Gasteiger partial charge on any atom is -0.352 e. The molecule has 0 bridgehead atoms. The Balaban J connectivity index is 2.01. The third-order valence-corrected chi connectivity index (χ3v) is 3.33. The van der Waals surface area contributed by atoms with Gasteiger partial charge in [-0.05, 0) is 40.2 Å². The maximum absolute atomic E-state index is 6.10. The van der Waals surface area contributed by atoms with Crippen LogP contribution in [0.4, 0.5) is 0 Å². The fraction of sp³-hybridized carbons (Fsp3) is 1.00. The monoisotopic (exact) mass is 198 g/mol. The zero-order chi connectivity index (χ0) is 10.2. The Bertz CT molecular complexity index is 211. The summed E-state index contributed by atoms with van der Waals surface area (Å²) in [6, 6.07) is 0.470. The maximum Gasteiger partial charge on any atom is 0.132 e. The summed E-state index contributed by atoms with van der Waals surface area (Å²) in [4.78, 5) is 0. The van der Waals surface area contributed by atoms with Crippen LogP contribution in [0.1, 0.15) is 40.0 Å². The molecule has 3 nitrogen and oxygen atoms in total. The molecule has 0 saturated carbocycles. The largest absolute Gasteiger partial charge is 0.352 e. The van der Waals surface area contributed by atoms with Gasteiger partial charge in [0.2, 0.25) is 0 Å². The number of ether oxygens (including phenoxy) is 1. The van der Waals surface area contributed by atoms with Gasteiger partial charge in [0.1, 0.15) is 5.72 Å². The predicted molar refractivity (Wildman–Crippen MR) is 57.2 cm³/mol. The highest BCUT2D eigenvalue weighted by atomic mass is 16.5. The van der Waals surface area contributed by atoms with Crippen molar-refractivity contribution in [2.24, 2.45) is 0 Å². The minimum absolute atomic E-state index is 0.0200. The van der Waals surface area contributed by atoms with E-state index in [0.717, 1.165) is 13.1 Å². The normalized spacial score (nSPS) is 42.6. The number of rotatable bonds is 1. The third kappa shape index (κ3) is 1.95. The fourth-order valence-corrected chi connectivity index (χ4v) is 2.55. The fourth-order valence-electron chi connectivity index (χ4n) is 2.55. The van der Waals surface area contributed by atoms with Gasteiger partial charge in [0.05, 0.1) is 5.60 Å². The van der Waals surface area contributed by atoms with Gasteiger partial charge in [-0.3, -0.25) is 5.32 Å². The van der Waals surface area contributed by atoms with Crippen LogP contribution in [-0.2, 0) is 4.74 Å². The lowest BCUT2D eigenvalue weighted by molar-refractivity contribution is -0.103. The molecule has 2 rings (SSSR count). The highest BCUT2D eigenvalue weighted by Gasteiger charge is 2.45. The SMILES string of the molecule is CC1(C)CNC(C)(C2CCCCN2)O1. The molecule has 2 saturated heterocycles. The lowest BCUT2D eigenvalue weighted by atomic mass is 9.96. The summed E-state index contributed by atoms with van der Waals surface area (Å²) in [5, 5.41) is 7.06. The zero-order valence-electron chi connectivity index (χ0n) is 9.52. The molecule has 0 radical (unpaired) electrons. The summed E-state index contributed by atoms with van der Waals surface area (Å²) in [6.45, 7) is 8.54. The van der Waals surface area contributed by atoms with Crippen molar-refractivity contribution in [1.29, 1.82) is 0 Å². The molecule has 82 valence electrons. The molecule has 0 aromatic heterocycles. The van der Waals surface area contributed by atoms with E-state index >= 15 is 0 Å². The van der Waals surface area contributed by atoms with E-state index in [1.807, 2.05) is 0 Å². The second kappa shape index (κ2) is 3.47. The molecule has 2 fully saturated rings. The lowest BCUT2D eigenvalue weighted by Crippen LogP contribution is -2.57. The Hall–Kier alpha value is -0.120. The van der Waals surface area contributed by atoms with Crippen molar-refractivity contribution >= 4 is 0 Å². The first-order valence-electron chi connectivity index (χ1n) is 5.70. The van der Waals surface area contributed by atoms with Gasteiger partial charge in [0, 0.05) is 12.6 Å². The van der Waals surface area contributed by atoms with E-state index in [1.54, 1.807) is 0 Å². The summed E-state index contributed by atoms with van der Waals surface area (Å²) in [5.74, 6) is 0. The molecule has 2 atom stereocenters. The quantitative estimate of drug-likeness (QED) is 0.665. The van der Waals surface area contributed by atoms with Crippen LogP contribution in [0.2, 0.25) is 0 Å². The van der Waals surface area contributed by atoms with Gasteiger partial charge in [-0.1, -0.05) is 6.42 Å². The first kappa shape index (κ1) is 10.4. The van der Waals surface area contributed by atoms with Gasteiger partial charge in [-0.2, -0.15) is 0 Å². The van der Waals surface area contributed by atoms with Crippen molar-refractivity contribution in [3.8, 4) is 0 Å². The number of hydrogen-bond donors (Lipinski definition) is 2. The molecule has 0 amide bonds. The molecule has 14 heavy (non-hydrogen) atoms. The maximum atomic E-state index is 6.10. The summed E-state index contributed by atoms with van der Waals surface area (Å²) >= 11 is 0. The van der Waals surface area contributed by atoms with Crippen LogP contribution in [0, 0.1) is 0 Å². The molecular formula is C11H22N2O. The van der Waals surface area contributed by atoms with Crippen LogP contribution in [0.25, 0.3) is 0 Å². The summed E-state index contributed by atoms with van der Waals surface area (Å²) in [7, 11) is 0. The molecule has 0 spiro atoms. The molecule has 0 aromatic rings. The highest BCUT2D eigenvalue weighted by Crippen LogP contribution is 2.30. The van der Waals surface area contributed by atoms with Gasteiger partial charge in [-0.15, -0.1) is 0 Å². The molecule has 0 aliphatic carbocycles. The van der Waals surface area contributed by atoms with Gasteiger partial charge < -0.3 is 10.1 Å². The number of hydrogen-bond acceptors (Lipinski definition) is 3. The van der Waals surface area contributed by atoms with E-state index in [1.165, 1.54) is 19.3 Å². The van der Waals surface area contributed by atoms with Gasteiger partial charge in [-0.25, -0.2) is 0 Å². The first-order chi connectivity index (χ1) is 6.52. The van der Waals surface area contributed by atoms with E-state index < -0.39 is 0 Å². The van der Waals surface area contributed by atoms with Crippen LogP contribution in [-0.4, -0.2) is 30.5 Å². The van der Waals surface area contributed by atoms with E-state index in [0.29, 0.717) is 6.04 Å². The molecule has 2 aliphatic rings. The standard InChI is InChI=1S/C11H22N2O/c1-10(2)8-13-11(3,14-10)9-6-4-5-7-12-9/h9,12-13H,4-8H2,1-3H3. The Morgan fingerprint density at radius 1 is 1.21 bits per heavy atom. The smallest absolute Gasteiger partial charge is 0.132 e. The molecule has 3 heteroatoms. The predicted octanol–water partition coefficient (Wildman–Crippen LogP) is 1.24. The summed E-state index contributed by atoms with van der Waals surface area (Å²) in [5.41, 5.74) is -0.183. The average molecular weight is 198 g/mol. The Morgan fingerprint density at radius 3 is 2.50 bits per heavy atom. The minimum atomic E-state index is -0.163. The molecule has 2 aliphatic heterocycles. The van der Waals surface area contributed by atoms with Crippen LogP contribution in [0.5, 0.6) is 0 Å². The van der Waals surface area contributed by atoms with Gasteiger partial charge in [0.25, 0.3) is 0 Å². The molecule has 2 heterocycles. The Kier molecular flexibility index (Phi) is 2.58. The molecule has 0 aromatic carbocycles. The average Bonchev–Trinajstić information content (AvgIpc) is 2.44. The van der Waals surface area contributed by atoms with Crippen LogP contribution in [0.3, 0.4) is 0 Å². The second-order valence-electron chi connectivity index (χ2n) is 5.32. The van der Waals surface area contributed by atoms with Crippen molar-refractivity contribution in [2.45, 2.75) is 57.4 Å². The number of piperidine rings is 1. The Morgan fingerprint density at radius 2 is 2.00 bits per heavy atom. The zero-order valence-corrected chi connectivity index (χ0v) is 9.52. The van der Waals surface area contributed by atoms with Gasteiger partial charge in [0.15, 0.2) is 0 Å². The van der Waals surface area contributed by atoms with Crippen molar-refractivity contribution in [3.05, 3.63) is 0 Å². The second-order valence-corrected chi connectivity index (χ2v) is 5.32. The van der Waals surface area contributed by atoms with E-state index in [-0.39, 0.29) is 11.3 Å². The molecular weight excluding hydrogens is 176 g/mol. The van der Waals surface area contributed by atoms with E-state index in [9.17, 15) is 0 Å². The topological polar surface area (TPSA) is 33.3 Å². The number of nitrogens with one attached hydrogen (secondary N) is 2. The Labute approximate surface area is 86.6 Å². The van der Waals surface area contributed by atoms with Gasteiger partial charge >= 0.3 is 0 Å². The van der Waals surface area contributed by atoms with E-state index in [2.05, 4.69) is 31.4 Å². The highest BCUT2D eigenvalue weighted by molar-refractivity contribution is 4.97. The van der Waals surface area contributed by atoms with Crippen LogP contribution in [0.15, 0.2) is 0 Å². The van der Waals surface area contributed by atoms with Crippen LogP contribution < -0.4 is 10.6 Å². The van der Waals surface area contributed by atoms with Crippen LogP contribution >= 0.6 is 0 Å². The van der Waals surface area contributed by atoms with Crippen molar-refractivity contribution < 1.29 is 4.74 Å². The molecule has 2 N–H and O–H groups in total. The summed E-state index contributed by atoms with van der Waals surface area (Å²) < 4.78 is 6.10. The van der Waals surface area contributed by atoms with Crippen molar-refractivity contribution in [3.63, 3.8) is 0 Å². The van der Waals surface area contributed by atoms with E-state index in [4.69, 9.17) is 4.74 Å². The van der Waals surface area contributed by atoms with Crippen molar-refractivity contribution in [1.82, 2.24) is 10.6 Å². The first-order valence-corrected chi connectivity index (χ1v) is 5.70.